The summed E-state index contributed by atoms with van der Waals surface area (Å²) in [4.78, 5) is 4.19. The molecule has 0 aliphatic heterocycles. The van der Waals surface area contributed by atoms with Gasteiger partial charge in [-0.3, -0.25) is 4.98 Å². The zero-order valence-electron chi connectivity index (χ0n) is 11.9. The minimum atomic E-state index is 0.293. The molecular weight excluding hydrogens is 236 g/mol. The van der Waals surface area contributed by atoms with Crippen molar-refractivity contribution in [2.24, 2.45) is 0 Å². The molecule has 102 valence electrons. The van der Waals surface area contributed by atoms with Crippen LogP contribution in [0, 0.1) is 13.8 Å². The summed E-state index contributed by atoms with van der Waals surface area (Å²) in [5.74, 6) is 1.98. The molecule has 0 aliphatic rings. The average Bonchev–Trinajstić information content (AvgIpc) is 2.75. The van der Waals surface area contributed by atoms with Crippen LogP contribution in [0.25, 0.3) is 0 Å². The van der Waals surface area contributed by atoms with Crippen molar-refractivity contribution >= 4 is 0 Å². The molecule has 3 nitrogen and oxygen atoms in total. The number of nitrogens with one attached hydrogen (secondary N) is 1. The van der Waals surface area contributed by atoms with Crippen molar-refractivity contribution in [2.45, 2.75) is 39.7 Å². The molecule has 0 saturated carbocycles. The lowest BCUT2D eigenvalue weighted by Gasteiger charge is -2.18. The summed E-state index contributed by atoms with van der Waals surface area (Å²) in [6.07, 6.45) is 5.81. The van der Waals surface area contributed by atoms with E-state index in [2.05, 4.69) is 29.4 Å². The molecule has 0 spiro atoms. The summed E-state index contributed by atoms with van der Waals surface area (Å²) in [6, 6.07) is 6.54. The Labute approximate surface area is 115 Å². The van der Waals surface area contributed by atoms with Crippen LogP contribution in [-0.4, -0.2) is 11.5 Å². The van der Waals surface area contributed by atoms with Crippen molar-refractivity contribution in [2.75, 3.05) is 6.54 Å². The molecular formula is C16H22N2O. The van der Waals surface area contributed by atoms with Gasteiger partial charge >= 0.3 is 0 Å². The van der Waals surface area contributed by atoms with E-state index >= 15 is 0 Å². The standard InChI is InChI=1S/C16H22N2O/c1-4-7-18-16(10-14-6-5-8-17-11-14)15-9-12(2)19-13(15)3/h5-6,8-9,11,16,18H,4,7,10H2,1-3H3. The van der Waals surface area contributed by atoms with Crippen molar-refractivity contribution in [1.82, 2.24) is 10.3 Å². The molecule has 0 aliphatic carbocycles. The van der Waals surface area contributed by atoms with Crippen LogP contribution < -0.4 is 5.32 Å². The second-order valence-corrected chi connectivity index (χ2v) is 4.94. The van der Waals surface area contributed by atoms with Crippen molar-refractivity contribution < 1.29 is 4.42 Å². The first kappa shape index (κ1) is 13.8. The van der Waals surface area contributed by atoms with Gasteiger partial charge in [0.2, 0.25) is 0 Å². The van der Waals surface area contributed by atoms with Crippen LogP contribution in [0.2, 0.25) is 0 Å². The van der Waals surface area contributed by atoms with E-state index in [0.29, 0.717) is 6.04 Å². The quantitative estimate of drug-likeness (QED) is 0.860. The van der Waals surface area contributed by atoms with Crippen LogP contribution in [0.15, 0.2) is 35.0 Å². The van der Waals surface area contributed by atoms with Crippen molar-refractivity contribution in [3.63, 3.8) is 0 Å². The number of nitrogens with zero attached hydrogens (tertiary/aromatic N) is 1. The van der Waals surface area contributed by atoms with Crippen LogP contribution in [-0.2, 0) is 6.42 Å². The lowest BCUT2D eigenvalue weighted by Crippen LogP contribution is -2.24. The smallest absolute Gasteiger partial charge is 0.105 e. The highest BCUT2D eigenvalue weighted by atomic mass is 16.3. The van der Waals surface area contributed by atoms with E-state index in [4.69, 9.17) is 4.42 Å². The predicted molar refractivity (Wildman–Crippen MR) is 77.2 cm³/mol. The van der Waals surface area contributed by atoms with E-state index in [0.717, 1.165) is 30.9 Å². The Balaban J connectivity index is 2.18. The zero-order valence-corrected chi connectivity index (χ0v) is 11.9. The average molecular weight is 258 g/mol. The molecule has 1 atom stereocenters. The first-order valence-corrected chi connectivity index (χ1v) is 6.90. The number of aromatic nitrogens is 1. The van der Waals surface area contributed by atoms with Gasteiger partial charge in [0.05, 0.1) is 0 Å². The Morgan fingerprint density at radius 1 is 1.37 bits per heavy atom. The molecule has 0 amide bonds. The molecule has 2 aromatic rings. The highest BCUT2D eigenvalue weighted by Gasteiger charge is 2.17. The van der Waals surface area contributed by atoms with Gasteiger partial charge in [-0.2, -0.15) is 0 Å². The van der Waals surface area contributed by atoms with Crippen molar-refractivity contribution in [3.05, 3.63) is 53.2 Å². The Bertz CT molecular complexity index is 505. The van der Waals surface area contributed by atoms with E-state index in [1.807, 2.05) is 32.3 Å². The van der Waals surface area contributed by atoms with E-state index in [-0.39, 0.29) is 0 Å². The second-order valence-electron chi connectivity index (χ2n) is 4.94. The largest absolute Gasteiger partial charge is 0.466 e. The van der Waals surface area contributed by atoms with E-state index in [9.17, 15) is 0 Å². The van der Waals surface area contributed by atoms with Crippen LogP contribution in [0.5, 0.6) is 0 Å². The van der Waals surface area contributed by atoms with Gasteiger partial charge in [-0.05, 0) is 50.9 Å². The van der Waals surface area contributed by atoms with Crippen LogP contribution >= 0.6 is 0 Å². The number of hydrogen-bond donors (Lipinski definition) is 1. The second kappa shape index (κ2) is 6.53. The Kier molecular flexibility index (Phi) is 4.74. The zero-order chi connectivity index (χ0) is 13.7. The van der Waals surface area contributed by atoms with Gasteiger partial charge in [0.25, 0.3) is 0 Å². The molecule has 2 rings (SSSR count). The SMILES string of the molecule is CCCNC(Cc1cccnc1)c1cc(C)oc1C. The molecule has 19 heavy (non-hydrogen) atoms. The first-order valence-electron chi connectivity index (χ1n) is 6.90. The van der Waals surface area contributed by atoms with Gasteiger partial charge in [-0.25, -0.2) is 0 Å². The topological polar surface area (TPSA) is 38.1 Å². The third-order valence-corrected chi connectivity index (χ3v) is 3.26. The summed E-state index contributed by atoms with van der Waals surface area (Å²) in [6.45, 7) is 7.22. The van der Waals surface area contributed by atoms with Gasteiger partial charge in [-0.1, -0.05) is 13.0 Å². The maximum atomic E-state index is 5.66. The van der Waals surface area contributed by atoms with Crippen molar-refractivity contribution in [3.8, 4) is 0 Å². The number of pyridine rings is 1. The molecule has 3 heteroatoms. The number of aryl methyl sites for hydroxylation is 2. The Hall–Kier alpha value is -1.61. The fourth-order valence-corrected chi connectivity index (χ4v) is 2.36. The van der Waals surface area contributed by atoms with Crippen LogP contribution in [0.4, 0.5) is 0 Å². The molecule has 0 fully saturated rings. The molecule has 1 N–H and O–H groups in total. The maximum Gasteiger partial charge on any atom is 0.105 e. The lowest BCUT2D eigenvalue weighted by molar-refractivity contribution is 0.480. The summed E-state index contributed by atoms with van der Waals surface area (Å²) in [5, 5.41) is 3.60. The molecule has 0 bridgehead atoms. The maximum absolute atomic E-state index is 5.66. The van der Waals surface area contributed by atoms with E-state index < -0.39 is 0 Å². The third kappa shape index (κ3) is 3.67. The summed E-state index contributed by atoms with van der Waals surface area (Å²) in [7, 11) is 0. The minimum absolute atomic E-state index is 0.293. The Morgan fingerprint density at radius 3 is 2.79 bits per heavy atom. The van der Waals surface area contributed by atoms with E-state index in [1.54, 1.807) is 0 Å². The first-order chi connectivity index (χ1) is 9.20. The molecule has 1 unspecified atom stereocenters. The van der Waals surface area contributed by atoms with Gasteiger partial charge < -0.3 is 9.73 Å². The van der Waals surface area contributed by atoms with Crippen LogP contribution in [0.1, 0.15) is 42.0 Å². The highest BCUT2D eigenvalue weighted by Crippen LogP contribution is 2.24. The predicted octanol–water partition coefficient (Wildman–Crippen LogP) is 3.57. The fourth-order valence-electron chi connectivity index (χ4n) is 2.36. The summed E-state index contributed by atoms with van der Waals surface area (Å²) < 4.78 is 5.66. The fraction of sp³-hybridized carbons (Fsp3) is 0.438. The van der Waals surface area contributed by atoms with Crippen molar-refractivity contribution in [1.29, 1.82) is 0 Å². The van der Waals surface area contributed by atoms with Gasteiger partial charge in [0.15, 0.2) is 0 Å². The molecule has 0 radical (unpaired) electrons. The van der Waals surface area contributed by atoms with E-state index in [1.165, 1.54) is 11.1 Å². The molecule has 2 heterocycles. The number of rotatable bonds is 6. The number of hydrogen-bond acceptors (Lipinski definition) is 3. The van der Waals surface area contributed by atoms with Crippen LogP contribution in [0.3, 0.4) is 0 Å². The lowest BCUT2D eigenvalue weighted by atomic mass is 10.00. The van der Waals surface area contributed by atoms with Gasteiger partial charge in [-0.15, -0.1) is 0 Å². The number of furan rings is 1. The van der Waals surface area contributed by atoms with Gasteiger partial charge in [0, 0.05) is 24.0 Å². The normalized spacial score (nSPS) is 12.6. The monoisotopic (exact) mass is 258 g/mol. The molecule has 0 aromatic carbocycles. The minimum Gasteiger partial charge on any atom is -0.466 e. The van der Waals surface area contributed by atoms with Gasteiger partial charge in [0.1, 0.15) is 11.5 Å². The third-order valence-electron chi connectivity index (χ3n) is 3.26. The summed E-state index contributed by atoms with van der Waals surface area (Å²) >= 11 is 0. The summed E-state index contributed by atoms with van der Waals surface area (Å²) in [5.41, 5.74) is 2.50. The molecule has 2 aromatic heterocycles. The Morgan fingerprint density at radius 2 is 2.21 bits per heavy atom. The molecule has 0 saturated heterocycles. The highest BCUT2D eigenvalue weighted by molar-refractivity contribution is 5.26.